The Labute approximate surface area is 59.8 Å². The van der Waals surface area contributed by atoms with Crippen LogP contribution in [0.1, 0.15) is 13.8 Å². The van der Waals surface area contributed by atoms with Crippen LogP contribution in [-0.4, -0.2) is 25.4 Å². The number of oxime groups is 1. The lowest BCUT2D eigenvalue weighted by atomic mass is 10.7. The predicted octanol–water partition coefficient (Wildman–Crippen LogP) is 0.572. The first kappa shape index (κ1) is 8.94. The third-order valence-corrected chi connectivity index (χ3v) is 0.668. The molecule has 0 radical (unpaired) electrons. The molecule has 0 fully saturated rings. The van der Waals surface area contributed by atoms with E-state index >= 15 is 0 Å². The van der Waals surface area contributed by atoms with E-state index in [1.807, 2.05) is 0 Å². The van der Waals surface area contributed by atoms with E-state index < -0.39 is 5.97 Å². The Hall–Kier alpha value is -1.06. The van der Waals surface area contributed by atoms with Gasteiger partial charge in [-0.3, -0.25) is 0 Å². The van der Waals surface area contributed by atoms with E-state index in [4.69, 9.17) is 0 Å². The summed E-state index contributed by atoms with van der Waals surface area (Å²) in [5, 5.41) is 3.37. The molecule has 0 saturated carbocycles. The molecular weight excluding hydrogens is 134 g/mol. The molecule has 0 spiro atoms. The molecule has 0 bridgehead atoms. The van der Waals surface area contributed by atoms with Crippen LogP contribution >= 0.6 is 0 Å². The van der Waals surface area contributed by atoms with Gasteiger partial charge >= 0.3 is 5.97 Å². The van der Waals surface area contributed by atoms with E-state index in [1.54, 1.807) is 13.8 Å². The van der Waals surface area contributed by atoms with Gasteiger partial charge in [0.05, 0.1) is 6.61 Å². The third-order valence-electron chi connectivity index (χ3n) is 0.668. The van der Waals surface area contributed by atoms with E-state index in [-0.39, 0.29) is 6.61 Å². The van der Waals surface area contributed by atoms with Crippen molar-refractivity contribution in [3.05, 3.63) is 0 Å². The molecular formula is C6H11NO3. The lowest BCUT2D eigenvalue weighted by Gasteiger charge is -1.98. The van der Waals surface area contributed by atoms with Crippen molar-refractivity contribution in [1.29, 1.82) is 0 Å². The van der Waals surface area contributed by atoms with Crippen molar-refractivity contribution in [2.45, 2.75) is 13.8 Å². The Morgan fingerprint density at radius 2 is 2.40 bits per heavy atom. The highest BCUT2D eigenvalue weighted by Gasteiger charge is 1.98. The van der Waals surface area contributed by atoms with Crippen LogP contribution in [0.25, 0.3) is 0 Å². The summed E-state index contributed by atoms with van der Waals surface area (Å²) in [4.78, 5) is 15.0. The molecule has 0 aromatic rings. The maximum absolute atomic E-state index is 10.5. The smallest absolute Gasteiger partial charge is 0.347 e. The summed E-state index contributed by atoms with van der Waals surface area (Å²) in [7, 11) is 0. The number of nitrogens with zero attached hydrogens (tertiary/aromatic N) is 1. The number of carbonyl (C=O) groups excluding carboxylic acids is 1. The highest BCUT2D eigenvalue weighted by Crippen LogP contribution is 1.80. The Bertz CT molecular complexity index is 122. The van der Waals surface area contributed by atoms with Crippen LogP contribution in [0.4, 0.5) is 0 Å². The minimum Gasteiger partial charge on any atom is -0.463 e. The molecule has 0 aliphatic heterocycles. The average molecular weight is 145 g/mol. The van der Waals surface area contributed by atoms with Crippen LogP contribution in [0, 0.1) is 0 Å². The number of rotatable bonds is 4. The van der Waals surface area contributed by atoms with Gasteiger partial charge < -0.3 is 9.57 Å². The second-order valence-electron chi connectivity index (χ2n) is 1.44. The van der Waals surface area contributed by atoms with Crippen molar-refractivity contribution < 1.29 is 14.4 Å². The van der Waals surface area contributed by atoms with Gasteiger partial charge in [-0.15, -0.1) is 0 Å². The summed E-state index contributed by atoms with van der Waals surface area (Å²) >= 11 is 0. The largest absolute Gasteiger partial charge is 0.463 e. The first-order valence-corrected chi connectivity index (χ1v) is 3.06. The third kappa shape index (κ3) is 5.08. The van der Waals surface area contributed by atoms with Crippen LogP contribution in [-0.2, 0) is 14.4 Å². The summed E-state index contributed by atoms with van der Waals surface area (Å²) in [5.74, 6) is -0.395. The lowest BCUT2D eigenvalue weighted by Crippen LogP contribution is -2.10. The Morgan fingerprint density at radius 1 is 1.70 bits per heavy atom. The molecule has 0 aromatic carbocycles. The minimum absolute atomic E-state index is 0.113. The van der Waals surface area contributed by atoms with Gasteiger partial charge in [-0.25, -0.2) is 4.79 Å². The molecule has 0 aliphatic carbocycles. The molecule has 0 atom stereocenters. The SMILES string of the molecule is C/C=N\OCC(=O)OCC. The lowest BCUT2D eigenvalue weighted by molar-refractivity contribution is -0.148. The highest BCUT2D eigenvalue weighted by atomic mass is 16.6. The number of hydrogen-bond acceptors (Lipinski definition) is 4. The molecule has 0 aliphatic rings. The molecule has 10 heavy (non-hydrogen) atoms. The monoisotopic (exact) mass is 145 g/mol. The quantitative estimate of drug-likeness (QED) is 0.330. The molecule has 0 unspecified atom stereocenters. The van der Waals surface area contributed by atoms with E-state index in [1.165, 1.54) is 6.21 Å². The van der Waals surface area contributed by atoms with Gasteiger partial charge in [0.25, 0.3) is 0 Å². The summed E-state index contributed by atoms with van der Waals surface area (Å²) in [5.41, 5.74) is 0. The Kier molecular flexibility index (Phi) is 5.42. The van der Waals surface area contributed by atoms with Crippen molar-refractivity contribution in [2.75, 3.05) is 13.2 Å². The van der Waals surface area contributed by atoms with Gasteiger partial charge in [0, 0.05) is 6.21 Å². The number of ether oxygens (including phenoxy) is 1. The standard InChI is InChI=1S/C6H11NO3/c1-3-7-10-5-6(8)9-4-2/h3H,4-5H2,1-2H3/b7-3-. The van der Waals surface area contributed by atoms with Crippen molar-refractivity contribution in [2.24, 2.45) is 5.16 Å². The Morgan fingerprint density at radius 3 is 2.90 bits per heavy atom. The molecule has 0 saturated heterocycles. The van der Waals surface area contributed by atoms with E-state index in [0.29, 0.717) is 6.61 Å². The van der Waals surface area contributed by atoms with Crippen LogP contribution in [0.3, 0.4) is 0 Å². The molecule has 0 heterocycles. The zero-order chi connectivity index (χ0) is 7.82. The van der Waals surface area contributed by atoms with Gasteiger partial charge in [0.15, 0.2) is 0 Å². The maximum atomic E-state index is 10.5. The molecule has 0 aromatic heterocycles. The van der Waals surface area contributed by atoms with E-state index in [9.17, 15) is 4.79 Å². The van der Waals surface area contributed by atoms with Gasteiger partial charge in [-0.2, -0.15) is 0 Å². The topological polar surface area (TPSA) is 47.9 Å². The molecule has 58 valence electrons. The van der Waals surface area contributed by atoms with Gasteiger partial charge in [0.1, 0.15) is 0 Å². The predicted molar refractivity (Wildman–Crippen MR) is 36.8 cm³/mol. The second kappa shape index (κ2) is 6.07. The van der Waals surface area contributed by atoms with Crippen molar-refractivity contribution in [3.63, 3.8) is 0 Å². The number of carbonyl (C=O) groups is 1. The normalized spacial score (nSPS) is 9.80. The van der Waals surface area contributed by atoms with E-state index in [2.05, 4.69) is 14.7 Å². The minimum atomic E-state index is -0.395. The summed E-state index contributed by atoms with van der Waals surface area (Å²) in [6.45, 7) is 3.70. The highest BCUT2D eigenvalue weighted by molar-refractivity contribution is 5.70. The molecule has 4 heteroatoms. The number of hydrogen-bond donors (Lipinski definition) is 0. The second-order valence-corrected chi connectivity index (χ2v) is 1.44. The zero-order valence-electron chi connectivity index (χ0n) is 6.16. The van der Waals surface area contributed by atoms with Crippen LogP contribution in [0.5, 0.6) is 0 Å². The molecule has 0 amide bonds. The first-order valence-electron chi connectivity index (χ1n) is 3.06. The molecule has 0 N–H and O–H groups in total. The maximum Gasteiger partial charge on any atom is 0.347 e. The van der Waals surface area contributed by atoms with Crippen molar-refractivity contribution >= 4 is 12.2 Å². The van der Waals surface area contributed by atoms with E-state index in [0.717, 1.165) is 0 Å². The molecule has 4 nitrogen and oxygen atoms in total. The fraction of sp³-hybridized carbons (Fsp3) is 0.667. The van der Waals surface area contributed by atoms with Crippen molar-refractivity contribution in [1.82, 2.24) is 0 Å². The average Bonchev–Trinajstić information content (AvgIpc) is 1.89. The van der Waals surface area contributed by atoms with Gasteiger partial charge in [0.2, 0.25) is 6.61 Å². The van der Waals surface area contributed by atoms with Crippen LogP contribution < -0.4 is 0 Å². The van der Waals surface area contributed by atoms with Gasteiger partial charge in [-0.05, 0) is 13.8 Å². The summed E-state index contributed by atoms with van der Waals surface area (Å²) < 4.78 is 4.55. The summed E-state index contributed by atoms with van der Waals surface area (Å²) in [6, 6.07) is 0. The fourth-order valence-electron chi connectivity index (χ4n) is 0.367. The first-order chi connectivity index (χ1) is 4.81. The number of esters is 1. The zero-order valence-corrected chi connectivity index (χ0v) is 6.16. The summed E-state index contributed by atoms with van der Waals surface area (Å²) in [6.07, 6.45) is 1.46. The van der Waals surface area contributed by atoms with Crippen molar-refractivity contribution in [3.8, 4) is 0 Å². The van der Waals surface area contributed by atoms with Crippen LogP contribution in [0.2, 0.25) is 0 Å². The van der Waals surface area contributed by atoms with Gasteiger partial charge in [-0.1, -0.05) is 5.16 Å². The van der Waals surface area contributed by atoms with Crippen LogP contribution in [0.15, 0.2) is 5.16 Å². The fourth-order valence-corrected chi connectivity index (χ4v) is 0.367. The Balaban J connectivity index is 3.21. The molecule has 0 rings (SSSR count).